The number of methoxy groups -OCH3 is 1. The lowest BCUT2D eigenvalue weighted by molar-refractivity contribution is -0.386. The van der Waals surface area contributed by atoms with Crippen molar-refractivity contribution in [1.82, 2.24) is 0 Å². The van der Waals surface area contributed by atoms with Gasteiger partial charge < -0.3 is 42.6 Å². The van der Waals surface area contributed by atoms with E-state index in [0.717, 1.165) is 16.7 Å². The first kappa shape index (κ1) is 35.4. The van der Waals surface area contributed by atoms with Gasteiger partial charge in [-0.05, 0) is 30.2 Å². The molecular weight excluding hydrogens is 652 g/mol. The first-order valence-electron chi connectivity index (χ1n) is 17.4. The highest BCUT2D eigenvalue weighted by Crippen LogP contribution is 2.39. The van der Waals surface area contributed by atoms with Crippen molar-refractivity contribution in [2.45, 2.75) is 88.2 Å². The predicted octanol–water partition coefficient (Wildman–Crippen LogP) is 6.39. The van der Waals surface area contributed by atoms with Crippen molar-refractivity contribution < 1.29 is 47.4 Å². The van der Waals surface area contributed by atoms with Gasteiger partial charge in [0.05, 0.1) is 31.5 Å². The Bertz CT molecular complexity index is 1640. The summed E-state index contributed by atoms with van der Waals surface area (Å²) >= 11 is 0. The highest BCUT2D eigenvalue weighted by atomic mass is 16.8. The van der Waals surface area contributed by atoms with Gasteiger partial charge in [0.2, 0.25) is 0 Å². The quantitative estimate of drug-likeness (QED) is 0.155. The van der Waals surface area contributed by atoms with E-state index in [-0.39, 0.29) is 13.0 Å². The molecule has 0 radical (unpaired) electrons. The van der Waals surface area contributed by atoms with E-state index in [4.69, 9.17) is 42.6 Å². The summed E-state index contributed by atoms with van der Waals surface area (Å²) in [6.45, 7) is 2.74. The van der Waals surface area contributed by atoms with Gasteiger partial charge in [-0.3, -0.25) is 0 Å². The minimum atomic E-state index is -0.772. The normalized spacial score (nSPS) is 30.6. The summed E-state index contributed by atoms with van der Waals surface area (Å²) in [7, 11) is 1.58. The van der Waals surface area contributed by atoms with Crippen LogP contribution in [-0.2, 0) is 55.8 Å². The summed E-state index contributed by atoms with van der Waals surface area (Å²) in [6.07, 6.45) is -6.17. The number of ether oxygens (including phenoxy) is 9. The maximum absolute atomic E-state index is 13.2. The Kier molecular flexibility index (Phi) is 11.8. The molecule has 3 saturated heterocycles. The molecule has 3 aliphatic rings. The number of esters is 1. The minimum Gasteiger partial charge on any atom is -0.453 e. The molecule has 268 valence electrons. The number of fused-ring (bicyclic) bond motifs is 1. The van der Waals surface area contributed by atoms with Crippen LogP contribution in [0.2, 0.25) is 0 Å². The zero-order valence-corrected chi connectivity index (χ0v) is 28.7. The Morgan fingerprint density at radius 1 is 0.706 bits per heavy atom. The number of hydrogen-bond donors (Lipinski definition) is 0. The van der Waals surface area contributed by atoms with E-state index in [9.17, 15) is 4.79 Å². The monoisotopic (exact) mass is 696 g/mol. The zero-order chi connectivity index (χ0) is 35.0. The largest absolute Gasteiger partial charge is 0.453 e. The van der Waals surface area contributed by atoms with Crippen LogP contribution in [0.5, 0.6) is 0 Å². The molecule has 4 aromatic rings. The molecule has 7 rings (SSSR count). The number of hydrogen-bond acceptors (Lipinski definition) is 10. The lowest BCUT2D eigenvalue weighted by atomic mass is 9.96. The van der Waals surface area contributed by atoms with Gasteiger partial charge in [-0.1, -0.05) is 109 Å². The molecule has 0 amide bonds. The maximum Gasteiger partial charge on any atom is 0.338 e. The molecule has 10 heteroatoms. The van der Waals surface area contributed by atoms with Gasteiger partial charge in [-0.25, -0.2) is 4.79 Å². The first-order chi connectivity index (χ1) is 25.1. The van der Waals surface area contributed by atoms with E-state index in [1.807, 2.05) is 104 Å². The van der Waals surface area contributed by atoms with Crippen molar-refractivity contribution in [3.8, 4) is 0 Å². The van der Waals surface area contributed by atoms with Crippen LogP contribution in [0.25, 0.3) is 0 Å². The number of rotatable bonds is 12. The Balaban J connectivity index is 1.14. The standard InChI is InChI=1S/C41H44O10/c1-27-35(50-39(42)30-19-11-5-12-20-30)32(44-24-28-15-7-3-8-16-28)23-34(47-27)49-37-36-33(26-46-40(51-36)31-21-13-6-14-22-31)48-41(43-2)38(37)45-25-29-17-9-4-10-18-29/h3-22,27,32-38,40-41H,23-26H2,1-2H3/t27-,32-,33-,34-,35-,36-,37+,38-,40?,41+/m1/s1. The Morgan fingerprint density at radius 3 is 1.96 bits per heavy atom. The highest BCUT2D eigenvalue weighted by Gasteiger charge is 2.53. The fourth-order valence-electron chi connectivity index (χ4n) is 6.75. The van der Waals surface area contributed by atoms with Crippen molar-refractivity contribution in [3.63, 3.8) is 0 Å². The summed E-state index contributed by atoms with van der Waals surface area (Å²) in [5.41, 5.74) is 3.31. The second kappa shape index (κ2) is 17.0. The topological polar surface area (TPSA) is 100 Å². The molecule has 0 N–H and O–H groups in total. The lowest BCUT2D eigenvalue weighted by Crippen LogP contribution is -2.64. The van der Waals surface area contributed by atoms with Crippen molar-refractivity contribution >= 4 is 5.97 Å². The third-order valence-electron chi connectivity index (χ3n) is 9.36. The van der Waals surface area contributed by atoms with Gasteiger partial charge in [-0.2, -0.15) is 0 Å². The molecule has 0 saturated carbocycles. The van der Waals surface area contributed by atoms with Gasteiger partial charge >= 0.3 is 5.97 Å². The van der Waals surface area contributed by atoms with Crippen molar-refractivity contribution in [2.75, 3.05) is 13.7 Å². The average Bonchev–Trinajstić information content (AvgIpc) is 3.18. The van der Waals surface area contributed by atoms with Crippen LogP contribution in [0.3, 0.4) is 0 Å². The van der Waals surface area contributed by atoms with E-state index in [1.54, 1.807) is 31.4 Å². The second-order valence-electron chi connectivity index (χ2n) is 12.9. The van der Waals surface area contributed by atoms with Crippen LogP contribution < -0.4 is 0 Å². The van der Waals surface area contributed by atoms with Crippen LogP contribution >= 0.6 is 0 Å². The molecule has 10 nitrogen and oxygen atoms in total. The molecule has 10 atom stereocenters. The van der Waals surface area contributed by atoms with Crippen molar-refractivity contribution in [1.29, 1.82) is 0 Å². The zero-order valence-electron chi connectivity index (χ0n) is 28.7. The average molecular weight is 697 g/mol. The Morgan fingerprint density at radius 2 is 1.31 bits per heavy atom. The summed E-state index contributed by atoms with van der Waals surface area (Å²) in [6, 6.07) is 38.4. The van der Waals surface area contributed by atoms with E-state index >= 15 is 0 Å². The van der Waals surface area contributed by atoms with Gasteiger partial charge in [0.25, 0.3) is 0 Å². The van der Waals surface area contributed by atoms with E-state index in [1.165, 1.54) is 0 Å². The predicted molar refractivity (Wildman–Crippen MR) is 185 cm³/mol. The van der Waals surface area contributed by atoms with E-state index in [2.05, 4.69) is 0 Å². The van der Waals surface area contributed by atoms with Crippen molar-refractivity contribution in [2.24, 2.45) is 0 Å². The minimum absolute atomic E-state index is 0.262. The summed E-state index contributed by atoms with van der Waals surface area (Å²) in [5, 5.41) is 0. The highest BCUT2D eigenvalue weighted by molar-refractivity contribution is 5.89. The summed E-state index contributed by atoms with van der Waals surface area (Å²) in [5.74, 6) is -0.448. The molecule has 3 fully saturated rings. The van der Waals surface area contributed by atoms with Crippen LogP contribution in [-0.4, -0.2) is 75.0 Å². The summed E-state index contributed by atoms with van der Waals surface area (Å²) < 4.78 is 57.5. The molecular formula is C41H44O10. The number of carbonyl (C=O) groups is 1. The fourth-order valence-corrected chi connectivity index (χ4v) is 6.75. The second-order valence-corrected chi connectivity index (χ2v) is 12.9. The van der Waals surface area contributed by atoms with Crippen LogP contribution in [0.4, 0.5) is 0 Å². The number of carbonyl (C=O) groups excluding carboxylic acids is 1. The molecule has 51 heavy (non-hydrogen) atoms. The van der Waals surface area contributed by atoms with Crippen LogP contribution in [0.1, 0.15) is 46.7 Å². The molecule has 0 aliphatic carbocycles. The third-order valence-corrected chi connectivity index (χ3v) is 9.36. The maximum atomic E-state index is 13.2. The first-order valence-corrected chi connectivity index (χ1v) is 17.4. The van der Waals surface area contributed by atoms with Gasteiger partial charge in [0.15, 0.2) is 25.0 Å². The molecule has 1 unspecified atom stereocenters. The molecule has 3 heterocycles. The Hall–Kier alpha value is -3.97. The molecule has 0 spiro atoms. The number of benzene rings is 4. The molecule has 4 aromatic carbocycles. The third kappa shape index (κ3) is 8.74. The van der Waals surface area contributed by atoms with Gasteiger partial charge in [0, 0.05) is 19.1 Å². The fraction of sp³-hybridized carbons (Fsp3) is 0.390. The van der Waals surface area contributed by atoms with Gasteiger partial charge in [-0.15, -0.1) is 0 Å². The lowest BCUT2D eigenvalue weighted by Gasteiger charge is -2.50. The van der Waals surface area contributed by atoms with Gasteiger partial charge in [0.1, 0.15) is 30.5 Å². The smallest absolute Gasteiger partial charge is 0.338 e. The van der Waals surface area contributed by atoms with Crippen LogP contribution in [0, 0.1) is 0 Å². The van der Waals surface area contributed by atoms with E-state index < -0.39 is 67.6 Å². The van der Waals surface area contributed by atoms with E-state index in [0.29, 0.717) is 18.8 Å². The molecule has 3 aliphatic heterocycles. The van der Waals surface area contributed by atoms with Crippen molar-refractivity contribution in [3.05, 3.63) is 144 Å². The molecule has 0 aromatic heterocycles. The molecule has 0 bridgehead atoms. The Labute approximate surface area is 298 Å². The van der Waals surface area contributed by atoms with Crippen LogP contribution in [0.15, 0.2) is 121 Å². The summed E-state index contributed by atoms with van der Waals surface area (Å²) in [4.78, 5) is 13.2. The SMILES string of the molecule is CO[C@H]1O[C@@H]2COC(c3ccccc3)O[C@H]2[C@H](O[C@@H]2C[C@@H](OCc3ccccc3)[C@H](OC(=O)c3ccccc3)[C@@H](C)O2)[C@H]1OCc1ccccc1.